The number of carbonyl (C=O) groups excluding carboxylic acids is 4. The Morgan fingerprint density at radius 2 is 0.452 bits per heavy atom. The first-order valence-electron chi connectivity index (χ1n) is 38.2. The lowest BCUT2D eigenvalue weighted by Gasteiger charge is -2.21. The second-order valence-electron chi connectivity index (χ2n) is 28.6. The lowest BCUT2D eigenvalue weighted by Crippen LogP contribution is -2.30. The molecule has 3 N–H and O–H groups in total. The number of esters is 4. The van der Waals surface area contributed by atoms with Crippen molar-refractivity contribution in [2.45, 2.75) is 388 Å². The van der Waals surface area contributed by atoms with E-state index >= 15 is 0 Å². The van der Waals surface area contributed by atoms with Crippen LogP contribution >= 0.6 is 15.6 Å². The molecule has 0 amide bonds. The minimum atomic E-state index is -4.95. The third-order valence-corrected chi connectivity index (χ3v) is 19.0. The second-order valence-corrected chi connectivity index (χ2v) is 31.5. The Labute approximate surface area is 568 Å². The lowest BCUT2D eigenvalue weighted by atomic mass is 10.0. The molecule has 0 aromatic heterocycles. The van der Waals surface area contributed by atoms with Crippen LogP contribution < -0.4 is 0 Å². The number of carbonyl (C=O) groups is 4. The maximum Gasteiger partial charge on any atom is 0.472 e. The molecule has 0 heterocycles. The van der Waals surface area contributed by atoms with Gasteiger partial charge in [0.15, 0.2) is 12.2 Å². The summed E-state index contributed by atoms with van der Waals surface area (Å²) in [5.41, 5.74) is 0. The summed E-state index contributed by atoms with van der Waals surface area (Å²) in [6.45, 7) is 14.1. The van der Waals surface area contributed by atoms with Crippen LogP contribution in [0.25, 0.3) is 0 Å². The third kappa shape index (κ3) is 68.4. The first-order chi connectivity index (χ1) is 44.6. The lowest BCUT2D eigenvalue weighted by molar-refractivity contribution is -0.161. The van der Waals surface area contributed by atoms with E-state index in [9.17, 15) is 43.2 Å². The van der Waals surface area contributed by atoms with Crippen LogP contribution in [0.2, 0.25) is 0 Å². The number of ether oxygens (including phenoxy) is 4. The molecule has 552 valence electrons. The van der Waals surface area contributed by atoms with Gasteiger partial charge in [-0.2, -0.15) is 0 Å². The van der Waals surface area contributed by atoms with Crippen LogP contribution in [0.4, 0.5) is 0 Å². The van der Waals surface area contributed by atoms with Crippen LogP contribution in [0, 0.1) is 23.7 Å². The number of phosphoric ester groups is 2. The standard InChI is InChI=1S/C74H144O17P2/c1-64(2)50-42-34-26-20-16-13-11-9-10-12-14-18-23-31-40-48-56-73(78)90-69(61-85-72(77)55-47-39-32-24-28-36-44-52-66(5)6)62-88-92(80,81)86-58-68(75)59-87-93(82,83)89-63-70(91-74(79)57-49-41-33-25-29-37-45-53-67(7)8)60-84-71(76)54-46-38-30-22-19-15-17-21-27-35-43-51-65(3)4/h64-70,75H,9-63H2,1-8H3,(H,80,81)(H,82,83)/t68?,69-,70-/m1/s1. The molecule has 0 aliphatic heterocycles. The summed E-state index contributed by atoms with van der Waals surface area (Å²) in [5, 5.41) is 10.6. The highest BCUT2D eigenvalue weighted by atomic mass is 31.2. The molecule has 0 fully saturated rings. The third-order valence-electron chi connectivity index (χ3n) is 17.1. The van der Waals surface area contributed by atoms with Crippen molar-refractivity contribution in [3.05, 3.63) is 0 Å². The summed E-state index contributed by atoms with van der Waals surface area (Å²) in [4.78, 5) is 72.7. The van der Waals surface area contributed by atoms with Gasteiger partial charge in [0.2, 0.25) is 0 Å². The SMILES string of the molecule is CC(C)CCCCCCCCCCCCCCCCCCC(=O)O[C@H](COC(=O)CCCCCCCCCC(C)C)COP(=O)(O)OCC(O)COP(=O)(O)OC[C@@H](COC(=O)CCCCCCCCCCCCCC(C)C)OC(=O)CCCCCCCCCC(C)C. The maximum atomic E-state index is 13.0. The fourth-order valence-corrected chi connectivity index (χ4v) is 12.8. The van der Waals surface area contributed by atoms with Crippen LogP contribution in [0.5, 0.6) is 0 Å². The Bertz CT molecular complexity index is 1830. The van der Waals surface area contributed by atoms with Gasteiger partial charge in [-0.15, -0.1) is 0 Å². The highest BCUT2D eigenvalue weighted by Gasteiger charge is 2.30. The highest BCUT2D eigenvalue weighted by Crippen LogP contribution is 2.45. The molecule has 0 bridgehead atoms. The summed E-state index contributed by atoms with van der Waals surface area (Å²) in [6.07, 6.45) is 47.4. The molecule has 0 rings (SSSR count). The minimum absolute atomic E-state index is 0.103. The van der Waals surface area contributed by atoms with Crippen LogP contribution in [-0.2, 0) is 65.4 Å². The molecular formula is C74H144O17P2. The molecule has 0 radical (unpaired) electrons. The van der Waals surface area contributed by atoms with Gasteiger partial charge in [0, 0.05) is 25.7 Å². The van der Waals surface area contributed by atoms with E-state index in [-0.39, 0.29) is 25.7 Å². The number of hydrogen-bond donors (Lipinski definition) is 3. The quantitative estimate of drug-likeness (QED) is 0.0222. The van der Waals surface area contributed by atoms with Crippen molar-refractivity contribution in [1.29, 1.82) is 0 Å². The van der Waals surface area contributed by atoms with Gasteiger partial charge in [-0.1, -0.05) is 319 Å². The molecule has 5 atom stereocenters. The van der Waals surface area contributed by atoms with Crippen LogP contribution in [-0.4, -0.2) is 96.7 Å². The molecule has 19 heteroatoms. The van der Waals surface area contributed by atoms with E-state index in [1.807, 2.05) is 0 Å². The average molecular weight is 1370 g/mol. The molecule has 0 saturated carbocycles. The van der Waals surface area contributed by atoms with Crippen LogP contribution in [0.3, 0.4) is 0 Å². The molecule has 0 saturated heterocycles. The number of hydrogen-bond acceptors (Lipinski definition) is 15. The summed E-state index contributed by atoms with van der Waals surface area (Å²) in [5.74, 6) is 0.854. The topological polar surface area (TPSA) is 237 Å². The van der Waals surface area contributed by atoms with E-state index in [0.29, 0.717) is 37.5 Å². The minimum Gasteiger partial charge on any atom is -0.462 e. The van der Waals surface area contributed by atoms with Gasteiger partial charge >= 0.3 is 39.5 Å². The smallest absolute Gasteiger partial charge is 0.462 e. The van der Waals surface area contributed by atoms with E-state index in [1.54, 1.807) is 0 Å². The molecule has 0 aliphatic carbocycles. The van der Waals surface area contributed by atoms with Gasteiger partial charge in [0.25, 0.3) is 0 Å². The first-order valence-corrected chi connectivity index (χ1v) is 41.2. The number of unbranched alkanes of at least 4 members (excludes halogenated alkanes) is 37. The van der Waals surface area contributed by atoms with E-state index in [4.69, 9.17) is 37.0 Å². The summed E-state index contributed by atoms with van der Waals surface area (Å²) >= 11 is 0. The zero-order valence-electron chi connectivity index (χ0n) is 60.9. The number of phosphoric acid groups is 2. The molecule has 0 aromatic rings. The number of aliphatic hydroxyl groups excluding tert-OH is 1. The highest BCUT2D eigenvalue weighted by molar-refractivity contribution is 7.47. The van der Waals surface area contributed by atoms with Crippen molar-refractivity contribution in [2.75, 3.05) is 39.6 Å². The van der Waals surface area contributed by atoms with Crippen LogP contribution in [0.1, 0.15) is 370 Å². The molecule has 17 nitrogen and oxygen atoms in total. The van der Waals surface area contributed by atoms with Crippen molar-refractivity contribution in [1.82, 2.24) is 0 Å². The van der Waals surface area contributed by atoms with Crippen molar-refractivity contribution in [3.63, 3.8) is 0 Å². The predicted octanol–water partition coefficient (Wildman–Crippen LogP) is 21.3. The molecule has 93 heavy (non-hydrogen) atoms. The van der Waals surface area contributed by atoms with Crippen molar-refractivity contribution >= 4 is 39.5 Å². The molecule has 0 spiro atoms. The van der Waals surface area contributed by atoms with E-state index < -0.39 is 97.5 Å². The molecular weight excluding hydrogens is 1220 g/mol. The van der Waals surface area contributed by atoms with Gasteiger partial charge in [-0.3, -0.25) is 37.3 Å². The van der Waals surface area contributed by atoms with Crippen molar-refractivity contribution < 1.29 is 80.2 Å². The zero-order chi connectivity index (χ0) is 68.9. The van der Waals surface area contributed by atoms with E-state index in [0.717, 1.165) is 108 Å². The fourth-order valence-electron chi connectivity index (χ4n) is 11.2. The van der Waals surface area contributed by atoms with Gasteiger partial charge in [-0.25, -0.2) is 9.13 Å². The Morgan fingerprint density at radius 3 is 0.667 bits per heavy atom. The van der Waals surface area contributed by atoms with Gasteiger partial charge in [0.05, 0.1) is 26.4 Å². The molecule has 0 aromatic carbocycles. The fraction of sp³-hybridized carbons (Fsp3) is 0.946. The normalized spacial score (nSPS) is 14.2. The maximum absolute atomic E-state index is 13.0. The molecule has 0 aliphatic rings. The van der Waals surface area contributed by atoms with Crippen molar-refractivity contribution in [2.24, 2.45) is 23.7 Å². The predicted molar refractivity (Wildman–Crippen MR) is 377 cm³/mol. The Hall–Kier alpha value is -1.94. The van der Waals surface area contributed by atoms with Crippen LogP contribution in [0.15, 0.2) is 0 Å². The summed E-state index contributed by atoms with van der Waals surface area (Å²) < 4.78 is 68.4. The first kappa shape index (κ1) is 91.1. The van der Waals surface area contributed by atoms with E-state index in [2.05, 4.69) is 55.4 Å². The summed E-state index contributed by atoms with van der Waals surface area (Å²) in [7, 11) is -9.91. The van der Waals surface area contributed by atoms with E-state index in [1.165, 1.54) is 167 Å². The average Bonchev–Trinajstić information content (AvgIpc) is 1.79. The Morgan fingerprint density at radius 1 is 0.269 bits per heavy atom. The number of rotatable bonds is 71. The van der Waals surface area contributed by atoms with Gasteiger partial charge in [-0.05, 0) is 49.4 Å². The Balaban J connectivity index is 5.19. The largest absolute Gasteiger partial charge is 0.472 e. The van der Waals surface area contributed by atoms with Crippen molar-refractivity contribution in [3.8, 4) is 0 Å². The summed E-state index contributed by atoms with van der Waals surface area (Å²) in [6, 6.07) is 0. The zero-order valence-corrected chi connectivity index (χ0v) is 62.7. The van der Waals surface area contributed by atoms with Gasteiger partial charge < -0.3 is 33.8 Å². The number of aliphatic hydroxyl groups is 1. The monoisotopic (exact) mass is 1370 g/mol. The Kier molecular flexibility index (Phi) is 62.2. The second kappa shape index (κ2) is 63.5. The molecule has 3 unspecified atom stereocenters. The van der Waals surface area contributed by atoms with Gasteiger partial charge in [0.1, 0.15) is 19.3 Å².